The topological polar surface area (TPSA) is 44.8 Å². The second-order valence-electron chi connectivity index (χ2n) is 5.22. The largest absolute Gasteiger partial charge is 0.493 e. The second-order valence-corrected chi connectivity index (χ2v) is 6.13. The average Bonchev–Trinajstić information content (AvgIpc) is 2.58. The van der Waals surface area contributed by atoms with E-state index in [-0.39, 0.29) is 23.9 Å². The molecule has 0 unspecified atom stereocenters. The number of ether oxygens (including phenoxy) is 3. The number of methoxy groups -OCH3 is 1. The van der Waals surface area contributed by atoms with E-state index in [4.69, 9.17) is 9.47 Å². The summed E-state index contributed by atoms with van der Waals surface area (Å²) >= 11 is 3.32. The molecule has 1 heterocycles. The molecular formula is C18H13BrF2O4. The Morgan fingerprint density at radius 3 is 2.72 bits per heavy atom. The fraction of sp³-hybridized carbons (Fsp3) is 0.167. The van der Waals surface area contributed by atoms with Crippen molar-refractivity contribution in [1.29, 1.82) is 0 Å². The molecule has 0 atom stereocenters. The number of Topliss-reactive ketones (excluding diaryl/α,β-unsaturated/α-hetero) is 1. The summed E-state index contributed by atoms with van der Waals surface area (Å²) in [4.78, 5) is 12.6. The minimum absolute atomic E-state index is 0.0980. The SMILES string of the molecule is COc1ccc(/C=C2/COc3ccc(Br)cc3C2=O)cc1OC(F)F. The quantitative estimate of drug-likeness (QED) is 0.684. The number of carbonyl (C=O) groups excluding carboxylic acids is 1. The summed E-state index contributed by atoms with van der Waals surface area (Å²) in [6.07, 6.45) is 1.59. The molecule has 3 rings (SSSR count). The van der Waals surface area contributed by atoms with Crippen molar-refractivity contribution in [1.82, 2.24) is 0 Å². The number of rotatable bonds is 4. The summed E-state index contributed by atoms with van der Waals surface area (Å²) in [5.41, 5.74) is 1.39. The van der Waals surface area contributed by atoms with E-state index in [1.807, 2.05) is 0 Å². The summed E-state index contributed by atoms with van der Waals surface area (Å²) < 4.78 is 40.8. The molecule has 1 aliphatic heterocycles. The van der Waals surface area contributed by atoms with Crippen LogP contribution in [0.4, 0.5) is 8.78 Å². The van der Waals surface area contributed by atoms with E-state index < -0.39 is 6.61 Å². The molecule has 1 aliphatic rings. The van der Waals surface area contributed by atoms with Gasteiger partial charge in [-0.1, -0.05) is 22.0 Å². The fourth-order valence-electron chi connectivity index (χ4n) is 2.48. The predicted octanol–water partition coefficient (Wildman–Crippen LogP) is 4.72. The van der Waals surface area contributed by atoms with Gasteiger partial charge >= 0.3 is 6.61 Å². The van der Waals surface area contributed by atoms with Crippen molar-refractivity contribution in [2.45, 2.75) is 6.61 Å². The highest BCUT2D eigenvalue weighted by Crippen LogP contribution is 2.33. The van der Waals surface area contributed by atoms with Crippen molar-refractivity contribution in [3.8, 4) is 17.2 Å². The maximum atomic E-state index is 12.6. The molecule has 130 valence electrons. The van der Waals surface area contributed by atoms with E-state index in [0.29, 0.717) is 22.4 Å². The first-order valence-electron chi connectivity index (χ1n) is 7.28. The van der Waals surface area contributed by atoms with Crippen molar-refractivity contribution in [3.05, 3.63) is 57.6 Å². The van der Waals surface area contributed by atoms with Crippen molar-refractivity contribution in [2.75, 3.05) is 13.7 Å². The van der Waals surface area contributed by atoms with Crippen LogP contribution < -0.4 is 14.2 Å². The molecule has 0 fully saturated rings. The maximum absolute atomic E-state index is 12.6. The van der Waals surface area contributed by atoms with Gasteiger partial charge in [0.1, 0.15) is 12.4 Å². The molecule has 4 nitrogen and oxygen atoms in total. The molecule has 2 aromatic rings. The molecule has 2 aromatic carbocycles. The molecule has 7 heteroatoms. The molecular weight excluding hydrogens is 398 g/mol. The zero-order chi connectivity index (χ0) is 18.0. The monoisotopic (exact) mass is 410 g/mol. The van der Waals surface area contributed by atoms with Crippen LogP contribution in [-0.2, 0) is 0 Å². The Kier molecular flexibility index (Phi) is 5.03. The second kappa shape index (κ2) is 7.23. The van der Waals surface area contributed by atoms with Gasteiger partial charge in [-0.15, -0.1) is 0 Å². The maximum Gasteiger partial charge on any atom is 0.387 e. The summed E-state index contributed by atoms with van der Waals surface area (Å²) in [5.74, 6) is 0.429. The van der Waals surface area contributed by atoms with E-state index in [0.717, 1.165) is 4.47 Å². The summed E-state index contributed by atoms with van der Waals surface area (Å²) in [6.45, 7) is -2.87. The molecule has 0 aromatic heterocycles. The van der Waals surface area contributed by atoms with E-state index in [9.17, 15) is 13.6 Å². The molecule has 0 saturated carbocycles. The van der Waals surface area contributed by atoms with Gasteiger partial charge in [-0.2, -0.15) is 8.78 Å². The van der Waals surface area contributed by atoms with Gasteiger partial charge in [0.15, 0.2) is 17.3 Å². The first-order chi connectivity index (χ1) is 12.0. The predicted molar refractivity (Wildman–Crippen MR) is 91.6 cm³/mol. The van der Waals surface area contributed by atoms with Crippen molar-refractivity contribution >= 4 is 27.8 Å². The van der Waals surface area contributed by atoms with Crippen LogP contribution in [0, 0.1) is 0 Å². The van der Waals surface area contributed by atoms with E-state index in [1.54, 1.807) is 30.3 Å². The van der Waals surface area contributed by atoms with Crippen LogP contribution in [0.3, 0.4) is 0 Å². The Hall–Kier alpha value is -2.41. The zero-order valence-electron chi connectivity index (χ0n) is 13.1. The van der Waals surface area contributed by atoms with Crippen molar-refractivity contribution in [3.63, 3.8) is 0 Å². The highest BCUT2D eigenvalue weighted by atomic mass is 79.9. The lowest BCUT2D eigenvalue weighted by molar-refractivity contribution is -0.0512. The van der Waals surface area contributed by atoms with Crippen LogP contribution in [0.2, 0.25) is 0 Å². The van der Waals surface area contributed by atoms with Crippen LogP contribution in [0.25, 0.3) is 6.08 Å². The van der Waals surface area contributed by atoms with E-state index >= 15 is 0 Å². The smallest absolute Gasteiger partial charge is 0.387 e. The van der Waals surface area contributed by atoms with Gasteiger partial charge in [-0.3, -0.25) is 4.79 Å². The van der Waals surface area contributed by atoms with Gasteiger partial charge in [0, 0.05) is 10.0 Å². The van der Waals surface area contributed by atoms with Crippen molar-refractivity contribution < 1.29 is 27.8 Å². The first kappa shape index (κ1) is 17.4. The van der Waals surface area contributed by atoms with Crippen LogP contribution in [0.5, 0.6) is 17.2 Å². The van der Waals surface area contributed by atoms with Gasteiger partial charge in [0.05, 0.1) is 12.7 Å². The average molecular weight is 411 g/mol. The lowest BCUT2D eigenvalue weighted by Crippen LogP contribution is -2.19. The third kappa shape index (κ3) is 3.82. The Morgan fingerprint density at radius 1 is 1.20 bits per heavy atom. The molecule has 0 bridgehead atoms. The lowest BCUT2D eigenvalue weighted by Gasteiger charge is -2.19. The normalized spacial score (nSPS) is 15.1. The number of benzene rings is 2. The number of halogens is 3. The molecule has 0 N–H and O–H groups in total. The molecule has 0 radical (unpaired) electrons. The minimum atomic E-state index is -2.97. The number of ketones is 1. The van der Waals surface area contributed by atoms with Gasteiger partial charge in [0.25, 0.3) is 0 Å². The lowest BCUT2D eigenvalue weighted by atomic mass is 9.98. The fourth-order valence-corrected chi connectivity index (χ4v) is 2.84. The van der Waals surface area contributed by atoms with Crippen LogP contribution in [-0.4, -0.2) is 26.1 Å². The van der Waals surface area contributed by atoms with Crippen LogP contribution >= 0.6 is 15.9 Å². The Morgan fingerprint density at radius 2 is 2.00 bits per heavy atom. The number of carbonyl (C=O) groups is 1. The van der Waals surface area contributed by atoms with Crippen LogP contribution in [0.15, 0.2) is 46.4 Å². The van der Waals surface area contributed by atoms with Crippen LogP contribution in [0.1, 0.15) is 15.9 Å². The van der Waals surface area contributed by atoms with Gasteiger partial charge < -0.3 is 14.2 Å². The zero-order valence-corrected chi connectivity index (χ0v) is 14.7. The minimum Gasteiger partial charge on any atom is -0.493 e. The van der Waals surface area contributed by atoms with E-state index in [1.165, 1.54) is 19.2 Å². The Labute approximate surface area is 151 Å². The standard InChI is InChI=1S/C18H13BrF2O4/c1-23-15-4-2-10(7-16(15)25-18(20)21)6-11-9-24-14-5-3-12(19)8-13(14)17(11)22/h2-8,18H,9H2,1H3/b11-6-. The highest BCUT2D eigenvalue weighted by Gasteiger charge is 2.23. The number of alkyl halides is 2. The third-order valence-corrected chi connectivity index (χ3v) is 4.10. The molecule has 0 amide bonds. The van der Waals surface area contributed by atoms with E-state index in [2.05, 4.69) is 20.7 Å². The molecule has 25 heavy (non-hydrogen) atoms. The third-order valence-electron chi connectivity index (χ3n) is 3.61. The van der Waals surface area contributed by atoms with Gasteiger partial charge in [-0.05, 0) is 42.0 Å². The summed E-state index contributed by atoms with van der Waals surface area (Å²) in [6, 6.07) is 9.73. The van der Waals surface area contributed by atoms with Crippen molar-refractivity contribution in [2.24, 2.45) is 0 Å². The molecule has 0 spiro atoms. The molecule has 0 aliphatic carbocycles. The number of hydrogen-bond donors (Lipinski definition) is 0. The Balaban J connectivity index is 1.94. The summed E-state index contributed by atoms with van der Waals surface area (Å²) in [5, 5.41) is 0. The summed E-state index contributed by atoms with van der Waals surface area (Å²) in [7, 11) is 1.36. The van der Waals surface area contributed by atoms with Gasteiger partial charge in [0.2, 0.25) is 0 Å². The first-order valence-corrected chi connectivity index (χ1v) is 8.07. The number of fused-ring (bicyclic) bond motifs is 1. The van der Waals surface area contributed by atoms with Gasteiger partial charge in [-0.25, -0.2) is 0 Å². The molecule has 0 saturated heterocycles. The Bertz CT molecular complexity index is 849. The number of hydrogen-bond acceptors (Lipinski definition) is 4. The highest BCUT2D eigenvalue weighted by molar-refractivity contribution is 9.10.